The van der Waals surface area contributed by atoms with Crippen LogP contribution in [0.4, 0.5) is 0 Å². The van der Waals surface area contributed by atoms with Gasteiger partial charge < -0.3 is 0 Å². The van der Waals surface area contributed by atoms with Crippen LogP contribution in [0.15, 0.2) is 47.8 Å². The number of aliphatic imine (C=N–C) groups is 1. The Hall–Kier alpha value is -1.05. The minimum absolute atomic E-state index is 0.340. The van der Waals surface area contributed by atoms with E-state index in [1.165, 1.54) is 28.5 Å². The van der Waals surface area contributed by atoms with Gasteiger partial charge >= 0.3 is 140 Å². The van der Waals surface area contributed by atoms with Gasteiger partial charge in [0, 0.05) is 11.4 Å². The van der Waals surface area contributed by atoms with Gasteiger partial charge in [0.25, 0.3) is 0 Å². The zero-order chi connectivity index (χ0) is 30.6. The molecule has 0 fully saturated rings. The molecule has 0 aliphatic heterocycles. The molecule has 0 spiro atoms. The van der Waals surface area contributed by atoms with Crippen LogP contribution >= 0.6 is 11.6 Å². The molecule has 0 saturated heterocycles. The molecule has 0 aromatic heterocycles. The number of Topliss-reactive ketones (excluding diaryl/α,β-unsaturated/α-hetero) is 1. The van der Waals surface area contributed by atoms with Gasteiger partial charge in [-0.3, -0.25) is 4.79 Å². The maximum absolute atomic E-state index is 12.6. The van der Waals surface area contributed by atoms with Gasteiger partial charge in [0.05, 0.1) is 5.41 Å². The molecular formula is C35H59ClNO2Sb. The van der Waals surface area contributed by atoms with Crippen molar-refractivity contribution in [3.05, 3.63) is 59.0 Å². The Balaban J connectivity index is 0.000000763. The van der Waals surface area contributed by atoms with Gasteiger partial charge in [0.2, 0.25) is 0 Å². The van der Waals surface area contributed by atoms with Gasteiger partial charge in [0.1, 0.15) is 5.78 Å². The van der Waals surface area contributed by atoms with Crippen molar-refractivity contribution in [2.75, 3.05) is 6.61 Å². The molecule has 0 heterocycles. The van der Waals surface area contributed by atoms with Gasteiger partial charge in [-0.15, -0.1) is 0 Å². The van der Waals surface area contributed by atoms with Crippen molar-refractivity contribution in [1.82, 2.24) is 0 Å². The Bertz CT molecular complexity index is 916. The normalized spacial score (nSPS) is 13.1. The third kappa shape index (κ3) is 14.2. The predicted molar refractivity (Wildman–Crippen MR) is 181 cm³/mol. The first kappa shape index (κ1) is 38.9. The Morgan fingerprint density at radius 1 is 1.07 bits per heavy atom. The number of carbonyl (C=O) groups excluding carboxylic acids is 1. The number of rotatable bonds is 19. The molecule has 40 heavy (non-hydrogen) atoms. The van der Waals surface area contributed by atoms with E-state index in [0.29, 0.717) is 18.1 Å². The first-order chi connectivity index (χ1) is 19.1. The zero-order valence-corrected chi connectivity index (χ0v) is 30.6. The summed E-state index contributed by atoms with van der Waals surface area (Å²) in [6, 6.07) is 5.93. The first-order valence-electron chi connectivity index (χ1n) is 15.5. The van der Waals surface area contributed by atoms with E-state index in [9.17, 15) is 4.79 Å². The molecular weight excluding hydrogens is 624 g/mol. The number of carbonyl (C=O) groups is 1. The molecule has 1 aromatic rings. The van der Waals surface area contributed by atoms with Crippen LogP contribution in [-0.4, -0.2) is 38.3 Å². The number of unbranched alkanes of at least 4 members (excludes halogenated alkanes) is 2. The quantitative estimate of drug-likeness (QED) is 0.0479. The minimum atomic E-state index is -0.946. The molecule has 0 radical (unpaired) electrons. The number of hydrogen-bond donors (Lipinski definition) is 0. The van der Waals surface area contributed by atoms with Crippen molar-refractivity contribution in [3.8, 4) is 0 Å². The predicted octanol–water partition coefficient (Wildman–Crippen LogP) is 11.3. The summed E-state index contributed by atoms with van der Waals surface area (Å²) in [6.07, 6.45) is 13.8. The third-order valence-corrected chi connectivity index (χ3v) is 11.1. The summed E-state index contributed by atoms with van der Waals surface area (Å²) in [5, 5.41) is 0.723. The van der Waals surface area contributed by atoms with E-state index in [0.717, 1.165) is 67.9 Å². The molecule has 1 atom stereocenters. The van der Waals surface area contributed by atoms with Gasteiger partial charge in [0.15, 0.2) is 0 Å². The molecule has 0 N–H and O–H groups in total. The first-order valence-corrected chi connectivity index (χ1v) is 22.8. The molecule has 0 bridgehead atoms. The Kier molecular flexibility index (Phi) is 21.9. The molecule has 0 aliphatic rings. The minimum Gasteiger partial charge on any atom is -0.299 e. The van der Waals surface area contributed by atoms with Crippen LogP contribution in [0.1, 0.15) is 117 Å². The Labute approximate surface area is 260 Å². The average molecular weight is 683 g/mol. The fourth-order valence-corrected chi connectivity index (χ4v) is 9.21. The summed E-state index contributed by atoms with van der Waals surface area (Å²) in [5.74, 6) is 1.77. The van der Waals surface area contributed by atoms with Gasteiger partial charge in [-0.25, -0.2) is 0 Å². The fourth-order valence-electron chi connectivity index (χ4n) is 5.31. The summed E-state index contributed by atoms with van der Waals surface area (Å²) in [7, 11) is 0. The molecule has 1 aromatic carbocycles. The monoisotopic (exact) mass is 681 g/mol. The zero-order valence-electron chi connectivity index (χ0n) is 27.2. The third-order valence-electron chi connectivity index (χ3n) is 7.21. The number of allylic oxidation sites excluding steroid dienone is 1. The average Bonchev–Trinajstić information content (AvgIpc) is 2.92. The standard InChI is InChI=1S/C17H25ClO.C16H28NO.2CH3.Sb/c1-5-10-17(11-6-2,16(19)7-3)15-12-14(18)9-8-13(15)4;1-6-9-10-12-18-15(8-3)13-17-16(11-7-2)14(4)5;;;/h8-9,12H,5-7,10-11H2,1-4H3;8,13-14H,3-4,6-7,9-12H2,1-2,5H3;2*1H3;/b;15-13+,17-16?;;;. The molecule has 0 aliphatic carbocycles. The van der Waals surface area contributed by atoms with E-state index in [1.807, 2.05) is 31.3 Å². The fraction of sp³-hybridized carbons (Fsp3) is 0.657. The molecule has 5 heteroatoms. The van der Waals surface area contributed by atoms with Crippen LogP contribution in [0, 0.1) is 12.8 Å². The number of halogens is 1. The van der Waals surface area contributed by atoms with E-state index in [2.05, 4.69) is 57.9 Å². The van der Waals surface area contributed by atoms with Crippen molar-refractivity contribution in [2.45, 2.75) is 132 Å². The number of ether oxygens (including phenoxy) is 1. The van der Waals surface area contributed by atoms with E-state index >= 15 is 0 Å². The van der Waals surface area contributed by atoms with Gasteiger partial charge in [-0.1, -0.05) is 51.3 Å². The molecule has 1 rings (SSSR count). The summed E-state index contributed by atoms with van der Waals surface area (Å²) in [5.41, 5.74) is 3.30. The van der Waals surface area contributed by atoms with Crippen molar-refractivity contribution in [3.63, 3.8) is 0 Å². The Morgan fingerprint density at radius 3 is 2.23 bits per heavy atom. The van der Waals surface area contributed by atoms with Crippen LogP contribution in [0.2, 0.25) is 19.1 Å². The van der Waals surface area contributed by atoms with Crippen molar-refractivity contribution in [2.24, 2.45) is 10.9 Å². The SMILES string of the molecule is C=C/C(=C\N=C(CCC)C(C)[CH2][Sb]([CH3])[CH3])OCCCCC.CCCC(CCC)(C(=O)CC)c1cc(Cl)ccc1C. The maximum atomic E-state index is 12.6. The van der Waals surface area contributed by atoms with E-state index in [1.54, 1.807) is 6.08 Å². The number of nitrogens with zero attached hydrogens (tertiary/aromatic N) is 1. The van der Waals surface area contributed by atoms with E-state index in [-0.39, 0.29) is 5.41 Å². The Morgan fingerprint density at radius 2 is 1.73 bits per heavy atom. The topological polar surface area (TPSA) is 38.7 Å². The van der Waals surface area contributed by atoms with Gasteiger partial charge in [-0.05, 0) is 43.0 Å². The molecule has 0 saturated carbocycles. The second-order valence-corrected chi connectivity index (χ2v) is 18.8. The summed E-state index contributed by atoms with van der Waals surface area (Å²) in [4.78, 5) is 22.3. The molecule has 228 valence electrons. The summed E-state index contributed by atoms with van der Waals surface area (Å²) in [6.45, 7) is 19.7. The summed E-state index contributed by atoms with van der Waals surface area (Å²) < 4.78 is 7.10. The van der Waals surface area contributed by atoms with Crippen molar-refractivity contribution in [1.29, 1.82) is 0 Å². The van der Waals surface area contributed by atoms with E-state index in [4.69, 9.17) is 21.3 Å². The summed E-state index contributed by atoms with van der Waals surface area (Å²) >= 11 is 5.21. The van der Waals surface area contributed by atoms with Gasteiger partial charge in [-0.2, -0.15) is 0 Å². The van der Waals surface area contributed by atoms with Crippen LogP contribution in [-0.2, 0) is 14.9 Å². The van der Waals surface area contributed by atoms with Crippen LogP contribution in [0.3, 0.4) is 0 Å². The molecule has 0 amide bonds. The van der Waals surface area contributed by atoms with Crippen molar-refractivity contribution < 1.29 is 9.53 Å². The number of hydrogen-bond acceptors (Lipinski definition) is 3. The van der Waals surface area contributed by atoms with Crippen LogP contribution in [0.5, 0.6) is 0 Å². The second-order valence-electron chi connectivity index (χ2n) is 11.1. The van der Waals surface area contributed by atoms with E-state index < -0.39 is 20.2 Å². The number of aryl methyl sites for hydroxylation is 1. The molecule has 3 nitrogen and oxygen atoms in total. The van der Waals surface area contributed by atoms with Crippen LogP contribution in [0.25, 0.3) is 0 Å². The molecule has 1 unspecified atom stereocenters. The number of benzene rings is 1. The van der Waals surface area contributed by atoms with Crippen molar-refractivity contribution >= 4 is 43.3 Å². The second kappa shape index (κ2) is 22.5. The van der Waals surface area contributed by atoms with Crippen LogP contribution < -0.4 is 0 Å². The number of ketones is 1. The smallest absolute Gasteiger partial charge is 0.299 e.